The van der Waals surface area contributed by atoms with Gasteiger partial charge in [-0.05, 0) is 59.9 Å². The number of aryl methyl sites for hydroxylation is 3. The van der Waals surface area contributed by atoms with Crippen LogP contribution in [0.25, 0.3) is 11.4 Å². The molecule has 3 rings (SSSR count). The first-order valence-corrected chi connectivity index (χ1v) is 10.3. The molecule has 0 spiro atoms. The molecule has 1 heterocycles. The highest BCUT2D eigenvalue weighted by atomic mass is 16.3. The van der Waals surface area contributed by atoms with Crippen LogP contribution < -0.4 is 4.57 Å². The summed E-state index contributed by atoms with van der Waals surface area (Å²) >= 11 is 0. The highest BCUT2D eigenvalue weighted by Crippen LogP contribution is 2.37. The minimum atomic E-state index is -0.159. The van der Waals surface area contributed by atoms with Gasteiger partial charge >= 0.3 is 0 Å². The van der Waals surface area contributed by atoms with Crippen molar-refractivity contribution in [3.63, 3.8) is 0 Å². The maximum atomic E-state index is 11.1. The largest absolute Gasteiger partial charge is 0.511 e. The van der Waals surface area contributed by atoms with E-state index in [0.717, 1.165) is 16.9 Å². The number of phenols is 1. The van der Waals surface area contributed by atoms with Gasteiger partial charge in [0, 0.05) is 12.4 Å². The predicted molar refractivity (Wildman–Crippen MR) is 119 cm³/mol. The molecule has 1 aromatic heterocycles. The third kappa shape index (κ3) is 4.10. The van der Waals surface area contributed by atoms with E-state index in [1.165, 1.54) is 22.3 Å². The van der Waals surface area contributed by atoms with Crippen molar-refractivity contribution in [1.82, 2.24) is 4.57 Å². The van der Waals surface area contributed by atoms with E-state index in [4.69, 9.17) is 0 Å². The van der Waals surface area contributed by atoms with E-state index >= 15 is 0 Å². The summed E-state index contributed by atoms with van der Waals surface area (Å²) in [5.74, 6) is 0.321. The number of aromatic nitrogens is 2. The molecule has 1 N–H and O–H groups in total. The van der Waals surface area contributed by atoms with Gasteiger partial charge in [-0.3, -0.25) is 9.13 Å². The monoisotopic (exact) mass is 390 g/mol. The Morgan fingerprint density at radius 3 is 1.97 bits per heavy atom. The van der Waals surface area contributed by atoms with Gasteiger partial charge in [-0.2, -0.15) is 0 Å². The van der Waals surface area contributed by atoms with Gasteiger partial charge in [-0.25, -0.2) is 0 Å². The molecule has 0 aliphatic heterocycles. The average Bonchev–Trinajstić information content (AvgIpc) is 3.01. The van der Waals surface area contributed by atoms with Crippen LogP contribution in [0, 0.1) is 27.1 Å². The molecule has 0 fully saturated rings. The van der Waals surface area contributed by atoms with Crippen molar-refractivity contribution >= 4 is 0 Å². The minimum absolute atomic E-state index is 0.0181. The Hall–Kier alpha value is -2.55. The Balaban J connectivity index is 2.21. The van der Waals surface area contributed by atoms with Crippen LogP contribution in [-0.2, 0) is 10.8 Å². The molecule has 0 unspecified atom stereocenters. The lowest BCUT2D eigenvalue weighted by molar-refractivity contribution is -0.600. The summed E-state index contributed by atoms with van der Waals surface area (Å²) in [4.78, 5) is 0. The fraction of sp³-hybridized carbons (Fsp3) is 0.423. The van der Waals surface area contributed by atoms with Crippen molar-refractivity contribution < 1.29 is 9.67 Å². The lowest BCUT2D eigenvalue weighted by atomic mass is 9.79. The van der Waals surface area contributed by atoms with E-state index in [9.17, 15) is 5.11 Å². The van der Waals surface area contributed by atoms with Gasteiger partial charge in [0.05, 0.1) is 5.69 Å². The maximum Gasteiger partial charge on any atom is 0.268 e. The van der Waals surface area contributed by atoms with Crippen LogP contribution in [0.2, 0.25) is 0 Å². The highest BCUT2D eigenvalue weighted by molar-refractivity contribution is 5.53. The molecule has 0 saturated heterocycles. The van der Waals surface area contributed by atoms with Crippen molar-refractivity contribution in [2.45, 2.75) is 73.1 Å². The van der Waals surface area contributed by atoms with E-state index in [-0.39, 0.29) is 10.8 Å². The summed E-state index contributed by atoms with van der Waals surface area (Å²) < 4.78 is 3.92. The minimum Gasteiger partial charge on any atom is -0.511 e. The molecule has 3 heteroatoms. The second-order valence-corrected chi connectivity index (χ2v) is 10.3. The summed E-state index contributed by atoms with van der Waals surface area (Å²) in [6, 6.07) is 8.61. The fourth-order valence-corrected chi connectivity index (χ4v) is 3.93. The number of aromatic hydroxyl groups is 1. The molecule has 2 aromatic carbocycles. The quantitative estimate of drug-likeness (QED) is 0.436. The van der Waals surface area contributed by atoms with Crippen molar-refractivity contribution in [3.8, 4) is 17.1 Å². The first kappa shape index (κ1) is 21.2. The van der Waals surface area contributed by atoms with Gasteiger partial charge in [-0.15, -0.1) is 0 Å². The topological polar surface area (TPSA) is 29.0 Å². The summed E-state index contributed by atoms with van der Waals surface area (Å²) in [7, 11) is 0. The normalized spacial score (nSPS) is 12.4. The van der Waals surface area contributed by atoms with Gasteiger partial charge in [0.15, 0.2) is 0 Å². The summed E-state index contributed by atoms with van der Waals surface area (Å²) in [5, 5.41) is 11.1. The van der Waals surface area contributed by atoms with Gasteiger partial charge in [0.1, 0.15) is 11.4 Å². The number of phenolic OH excluding ortho intramolecular Hbond substituents is 1. The Bertz CT molecular complexity index is 1040. The number of hydrogen-bond acceptors (Lipinski definition) is 1. The number of imidazole rings is 1. The second-order valence-electron chi connectivity index (χ2n) is 10.3. The van der Waals surface area contributed by atoms with E-state index in [2.05, 4.69) is 92.9 Å². The molecule has 0 aliphatic carbocycles. The highest BCUT2D eigenvalue weighted by Gasteiger charge is 2.25. The maximum absolute atomic E-state index is 11.1. The summed E-state index contributed by atoms with van der Waals surface area (Å²) in [6.45, 7) is 19.4. The Kier molecular flexibility index (Phi) is 5.15. The van der Waals surface area contributed by atoms with Crippen molar-refractivity contribution in [2.24, 2.45) is 0 Å². The molecular formula is C26H34N2O. The van der Waals surface area contributed by atoms with E-state index in [0.29, 0.717) is 5.75 Å². The number of benzene rings is 2. The molecular weight excluding hydrogens is 356 g/mol. The zero-order valence-corrected chi connectivity index (χ0v) is 19.3. The predicted octanol–water partition coefficient (Wildman–Crippen LogP) is 5.78. The van der Waals surface area contributed by atoms with Gasteiger partial charge in [-0.1, -0.05) is 65.3 Å². The standard InChI is InChI=1S/C26H34N2O/c1-17-12-18(2)23(19(3)13-17)28-11-10-27(16-28)22-15-20(25(4,5)6)14-21(24(22)29)26(7,8)9/h10-15,29H,1-9H3. The lowest BCUT2D eigenvalue weighted by Crippen LogP contribution is -2.30. The van der Waals surface area contributed by atoms with Crippen LogP contribution >= 0.6 is 0 Å². The van der Waals surface area contributed by atoms with Gasteiger partial charge in [0.2, 0.25) is 0 Å². The van der Waals surface area contributed by atoms with Gasteiger partial charge < -0.3 is 5.11 Å². The lowest BCUT2D eigenvalue weighted by Gasteiger charge is -2.27. The zero-order valence-electron chi connectivity index (χ0n) is 19.3. The van der Waals surface area contributed by atoms with Crippen LogP contribution in [-0.4, -0.2) is 9.67 Å². The molecule has 0 bridgehead atoms. The van der Waals surface area contributed by atoms with E-state index in [1.54, 1.807) is 0 Å². The van der Waals surface area contributed by atoms with Gasteiger partial charge in [0.25, 0.3) is 6.33 Å². The third-order valence-corrected chi connectivity index (χ3v) is 5.48. The Labute approximate surface area is 175 Å². The molecule has 3 aromatic rings. The van der Waals surface area contributed by atoms with Crippen LogP contribution in [0.5, 0.6) is 5.75 Å². The van der Waals surface area contributed by atoms with Crippen LogP contribution in [0.4, 0.5) is 0 Å². The SMILES string of the molecule is Cc1cc(C)c(-n2[c-][n+](-c3cc(C(C)(C)C)cc(C(C)(C)C)c3O)cc2)c(C)c1. The first-order valence-electron chi connectivity index (χ1n) is 10.3. The number of hydrogen-bond donors (Lipinski definition) is 1. The van der Waals surface area contributed by atoms with Crippen LogP contribution in [0.1, 0.15) is 69.4 Å². The van der Waals surface area contributed by atoms with E-state index < -0.39 is 0 Å². The first-order chi connectivity index (χ1) is 13.3. The smallest absolute Gasteiger partial charge is 0.268 e. The van der Waals surface area contributed by atoms with Crippen LogP contribution in [0.3, 0.4) is 0 Å². The second kappa shape index (κ2) is 7.05. The van der Waals surface area contributed by atoms with E-state index in [1.807, 2.05) is 21.5 Å². The molecule has 3 nitrogen and oxygen atoms in total. The summed E-state index contributed by atoms with van der Waals surface area (Å²) in [5.41, 5.74) is 7.56. The molecule has 29 heavy (non-hydrogen) atoms. The Morgan fingerprint density at radius 1 is 0.862 bits per heavy atom. The van der Waals surface area contributed by atoms with Crippen molar-refractivity contribution in [3.05, 3.63) is 70.8 Å². The average molecular weight is 391 g/mol. The molecule has 0 atom stereocenters. The summed E-state index contributed by atoms with van der Waals surface area (Å²) in [6.07, 6.45) is 7.39. The van der Waals surface area contributed by atoms with Crippen LogP contribution in [0.15, 0.2) is 36.7 Å². The molecule has 154 valence electrons. The molecule has 0 amide bonds. The Morgan fingerprint density at radius 2 is 1.45 bits per heavy atom. The number of nitrogens with zero attached hydrogens (tertiary/aromatic N) is 2. The van der Waals surface area contributed by atoms with Crippen molar-refractivity contribution in [2.75, 3.05) is 0 Å². The van der Waals surface area contributed by atoms with Crippen molar-refractivity contribution in [1.29, 1.82) is 0 Å². The molecule has 0 radical (unpaired) electrons. The fourth-order valence-electron chi connectivity index (χ4n) is 3.93. The zero-order chi connectivity index (χ0) is 21.7. The molecule has 0 aliphatic rings. The third-order valence-electron chi connectivity index (χ3n) is 5.48. The number of rotatable bonds is 2. The molecule has 0 saturated carbocycles.